The van der Waals surface area contributed by atoms with E-state index in [9.17, 15) is 19.8 Å². The molecule has 4 atom stereocenters. The zero-order valence-corrected chi connectivity index (χ0v) is 11.0. The number of aliphatic hydroxyl groups excluding tert-OH is 3. The molecule has 1 aromatic rings. The molecule has 0 bridgehead atoms. The third-order valence-electron chi connectivity index (χ3n) is 3.31. The highest BCUT2D eigenvalue weighted by atomic mass is 16.6. The summed E-state index contributed by atoms with van der Waals surface area (Å²) in [5.74, 6) is 0. The highest BCUT2D eigenvalue weighted by molar-refractivity contribution is 5.10. The van der Waals surface area contributed by atoms with Crippen LogP contribution >= 0.6 is 0 Å². The van der Waals surface area contributed by atoms with E-state index in [4.69, 9.17) is 15.6 Å². The van der Waals surface area contributed by atoms with Gasteiger partial charge in [-0.1, -0.05) is 6.08 Å². The van der Waals surface area contributed by atoms with Crippen molar-refractivity contribution in [1.29, 1.82) is 0 Å². The van der Waals surface area contributed by atoms with Crippen LogP contribution in [0.25, 0.3) is 0 Å². The van der Waals surface area contributed by atoms with Crippen molar-refractivity contribution in [3.05, 3.63) is 44.9 Å². The van der Waals surface area contributed by atoms with Crippen LogP contribution in [0.4, 0.5) is 0 Å². The zero-order valence-electron chi connectivity index (χ0n) is 11.0. The lowest BCUT2D eigenvalue weighted by Gasteiger charge is -2.17. The lowest BCUT2D eigenvalue weighted by molar-refractivity contribution is -0.0551. The average molecular weight is 299 g/mol. The fraction of sp³-hybridized carbons (Fsp3) is 0.500. The van der Waals surface area contributed by atoms with Crippen molar-refractivity contribution >= 4 is 0 Å². The molecule has 116 valence electrons. The fourth-order valence-corrected chi connectivity index (χ4v) is 2.17. The Hall–Kier alpha value is -1.94. The van der Waals surface area contributed by atoms with Crippen LogP contribution < -0.4 is 17.0 Å². The molecule has 0 saturated carbocycles. The van der Waals surface area contributed by atoms with Gasteiger partial charge in [-0.3, -0.25) is 14.3 Å². The van der Waals surface area contributed by atoms with E-state index in [1.54, 1.807) is 0 Å². The second-order valence-electron chi connectivity index (χ2n) is 4.68. The van der Waals surface area contributed by atoms with Gasteiger partial charge in [-0.25, -0.2) is 4.79 Å². The molecule has 0 spiro atoms. The second-order valence-corrected chi connectivity index (χ2v) is 4.68. The first-order valence-electron chi connectivity index (χ1n) is 6.33. The molecule has 6 N–H and O–H groups in total. The minimum atomic E-state index is -1.40. The maximum Gasteiger partial charge on any atom is 0.330 e. The molecular formula is C12H17N3O6. The van der Waals surface area contributed by atoms with Gasteiger partial charge in [0.2, 0.25) is 0 Å². The molecule has 1 aromatic heterocycles. The number of aromatic nitrogens is 2. The van der Waals surface area contributed by atoms with E-state index in [1.165, 1.54) is 18.5 Å². The van der Waals surface area contributed by atoms with Gasteiger partial charge in [-0.15, -0.1) is 0 Å². The summed E-state index contributed by atoms with van der Waals surface area (Å²) in [7, 11) is 0. The Morgan fingerprint density at radius 1 is 1.38 bits per heavy atom. The third-order valence-corrected chi connectivity index (χ3v) is 3.31. The Balaban J connectivity index is 2.40. The number of allylic oxidation sites excluding steroid dienone is 1. The van der Waals surface area contributed by atoms with Crippen molar-refractivity contribution in [2.24, 2.45) is 5.73 Å². The fourth-order valence-electron chi connectivity index (χ4n) is 2.17. The normalized spacial score (nSPS) is 29.3. The molecule has 2 heterocycles. The molecule has 1 fully saturated rings. The summed E-state index contributed by atoms with van der Waals surface area (Å²) >= 11 is 0. The summed E-state index contributed by atoms with van der Waals surface area (Å²) in [6.45, 7) is -0.504. The maximum absolute atomic E-state index is 11.8. The highest BCUT2D eigenvalue weighted by Gasteiger charge is 2.43. The molecule has 2 rings (SSSR count). The Bertz CT molecular complexity index is 637. The number of aliphatic hydroxyl groups is 3. The van der Waals surface area contributed by atoms with E-state index in [0.29, 0.717) is 0 Å². The zero-order chi connectivity index (χ0) is 15.6. The van der Waals surface area contributed by atoms with Crippen molar-refractivity contribution in [2.45, 2.75) is 31.0 Å². The number of hydrogen-bond acceptors (Lipinski definition) is 7. The number of nitrogens with zero attached hydrogens (tertiary/aromatic N) is 1. The topological polar surface area (TPSA) is 151 Å². The van der Waals surface area contributed by atoms with E-state index in [2.05, 4.69) is 4.98 Å². The molecule has 1 aliphatic heterocycles. The van der Waals surface area contributed by atoms with Crippen LogP contribution in [0.3, 0.4) is 0 Å². The van der Waals surface area contributed by atoms with Crippen LogP contribution in [0.15, 0.2) is 28.1 Å². The Morgan fingerprint density at radius 3 is 2.67 bits per heavy atom. The van der Waals surface area contributed by atoms with Crippen LogP contribution in [0.2, 0.25) is 0 Å². The van der Waals surface area contributed by atoms with Crippen molar-refractivity contribution in [1.82, 2.24) is 9.55 Å². The first-order chi connectivity index (χ1) is 9.99. The van der Waals surface area contributed by atoms with E-state index in [0.717, 1.165) is 4.57 Å². The Kier molecular flexibility index (Phi) is 4.58. The summed E-state index contributed by atoms with van der Waals surface area (Å²) in [5, 5.41) is 28.6. The number of hydrogen-bond donors (Lipinski definition) is 5. The van der Waals surface area contributed by atoms with Crippen LogP contribution in [0.5, 0.6) is 0 Å². The van der Waals surface area contributed by atoms with Crippen molar-refractivity contribution < 1.29 is 20.1 Å². The van der Waals surface area contributed by atoms with Gasteiger partial charge in [0, 0.05) is 11.8 Å². The lowest BCUT2D eigenvalue weighted by Crippen LogP contribution is -2.38. The minimum Gasteiger partial charge on any atom is -0.405 e. The van der Waals surface area contributed by atoms with Crippen LogP contribution in [0.1, 0.15) is 11.8 Å². The summed E-state index contributed by atoms with van der Waals surface area (Å²) in [6, 6.07) is 0. The number of rotatable bonds is 4. The van der Waals surface area contributed by atoms with Gasteiger partial charge in [0.05, 0.1) is 6.61 Å². The van der Waals surface area contributed by atoms with Gasteiger partial charge in [0.1, 0.15) is 18.3 Å². The Morgan fingerprint density at radius 2 is 2.10 bits per heavy atom. The number of H-pyrrole nitrogens is 1. The van der Waals surface area contributed by atoms with E-state index < -0.39 is 42.4 Å². The SMILES string of the molecule is NC=CCc1cn([C@@H]2O[C@H](CO)[C@@H](O)[C@H]2O)c(=O)[nH]c1=O. The average Bonchev–Trinajstić information content (AvgIpc) is 2.74. The van der Waals surface area contributed by atoms with Gasteiger partial charge in [0.15, 0.2) is 6.23 Å². The van der Waals surface area contributed by atoms with Gasteiger partial charge < -0.3 is 25.8 Å². The van der Waals surface area contributed by atoms with Crippen molar-refractivity contribution in [2.75, 3.05) is 6.61 Å². The second kappa shape index (κ2) is 6.22. The summed E-state index contributed by atoms with van der Waals surface area (Å²) < 4.78 is 6.23. The summed E-state index contributed by atoms with van der Waals surface area (Å²) in [5.41, 5.74) is 4.10. The van der Waals surface area contributed by atoms with Crippen molar-refractivity contribution in [3.63, 3.8) is 0 Å². The monoisotopic (exact) mass is 299 g/mol. The molecule has 0 aliphatic carbocycles. The predicted molar refractivity (Wildman–Crippen MR) is 71.4 cm³/mol. The molecule has 9 heteroatoms. The molecule has 0 amide bonds. The number of nitrogens with one attached hydrogen (secondary N) is 1. The highest BCUT2D eigenvalue weighted by Crippen LogP contribution is 2.27. The Labute approximate surface area is 118 Å². The minimum absolute atomic E-state index is 0.195. The largest absolute Gasteiger partial charge is 0.405 e. The van der Waals surface area contributed by atoms with E-state index in [1.807, 2.05) is 0 Å². The molecule has 1 saturated heterocycles. The van der Waals surface area contributed by atoms with Crippen LogP contribution in [-0.4, -0.2) is 49.8 Å². The predicted octanol–water partition coefficient (Wildman–Crippen LogP) is -2.84. The number of nitrogens with two attached hydrogens (primary N) is 1. The van der Waals surface area contributed by atoms with Crippen molar-refractivity contribution in [3.8, 4) is 0 Å². The third kappa shape index (κ3) is 2.90. The van der Waals surface area contributed by atoms with E-state index >= 15 is 0 Å². The molecule has 1 aliphatic rings. The lowest BCUT2D eigenvalue weighted by atomic mass is 10.1. The van der Waals surface area contributed by atoms with E-state index in [-0.39, 0.29) is 12.0 Å². The molecule has 9 nitrogen and oxygen atoms in total. The molecule has 21 heavy (non-hydrogen) atoms. The smallest absolute Gasteiger partial charge is 0.330 e. The molecule has 0 aromatic carbocycles. The molecular weight excluding hydrogens is 282 g/mol. The maximum atomic E-state index is 11.8. The summed E-state index contributed by atoms with van der Waals surface area (Å²) in [6.07, 6.45) is -0.700. The number of aromatic amines is 1. The van der Waals surface area contributed by atoms with Gasteiger partial charge in [0.25, 0.3) is 5.56 Å². The first kappa shape index (κ1) is 15.4. The van der Waals surface area contributed by atoms with Crippen LogP contribution in [0, 0.1) is 0 Å². The number of ether oxygens (including phenoxy) is 1. The molecule has 0 unspecified atom stereocenters. The van der Waals surface area contributed by atoms with Gasteiger partial charge >= 0.3 is 5.69 Å². The quantitative estimate of drug-likeness (QED) is 0.402. The van der Waals surface area contributed by atoms with Gasteiger partial charge in [-0.2, -0.15) is 0 Å². The van der Waals surface area contributed by atoms with Crippen LogP contribution in [-0.2, 0) is 11.2 Å². The summed E-state index contributed by atoms with van der Waals surface area (Å²) in [4.78, 5) is 25.6. The van der Waals surface area contributed by atoms with Gasteiger partial charge in [-0.05, 0) is 12.6 Å². The first-order valence-corrected chi connectivity index (χ1v) is 6.33. The standard InChI is InChI=1S/C12H17N3O6/c13-3-1-2-6-4-15(12(20)14-10(6)19)11-9(18)8(17)7(5-16)21-11/h1,3-4,7-9,11,16-18H,2,5,13H2,(H,14,19,20)/t7-,8-,9-,11-/m1/s1. The molecule has 0 radical (unpaired) electrons.